The number of nitrogens with one attached hydrogen (secondary N) is 1. The van der Waals surface area contributed by atoms with Crippen LogP contribution in [0.3, 0.4) is 0 Å². The van der Waals surface area contributed by atoms with E-state index in [-0.39, 0.29) is 18.4 Å². The smallest absolute Gasteiger partial charge is 0.259 e. The normalized spacial score (nSPS) is 19.5. The quantitative estimate of drug-likeness (QED) is 0.502. The SMILES string of the molecule is CCN1CCC[C@H]1CNC(=O)c1ccc2c(c1)N(Cc1ccc(Cl)cc1)C(=O)c1ccccc1[S@@]2=O. The molecule has 3 aromatic rings. The molecule has 1 fully saturated rings. The monoisotopic (exact) mass is 521 g/mol. The van der Waals surface area contributed by atoms with Crippen molar-refractivity contribution >= 4 is 39.9 Å². The van der Waals surface area contributed by atoms with E-state index in [9.17, 15) is 13.8 Å². The van der Waals surface area contributed by atoms with Gasteiger partial charge < -0.3 is 10.2 Å². The largest absolute Gasteiger partial charge is 0.350 e. The summed E-state index contributed by atoms with van der Waals surface area (Å²) in [4.78, 5) is 31.8. The molecule has 2 aliphatic rings. The zero-order valence-electron chi connectivity index (χ0n) is 20.1. The zero-order valence-corrected chi connectivity index (χ0v) is 21.6. The van der Waals surface area contributed by atoms with Crippen LogP contribution in [-0.2, 0) is 17.3 Å². The molecule has 1 saturated heterocycles. The molecule has 0 saturated carbocycles. The van der Waals surface area contributed by atoms with Crippen molar-refractivity contribution in [2.24, 2.45) is 0 Å². The first-order valence-corrected chi connectivity index (χ1v) is 13.7. The fourth-order valence-electron chi connectivity index (χ4n) is 4.99. The first kappa shape index (κ1) is 24.7. The zero-order chi connectivity index (χ0) is 25.2. The van der Waals surface area contributed by atoms with Gasteiger partial charge in [-0.3, -0.25) is 14.5 Å². The van der Waals surface area contributed by atoms with E-state index < -0.39 is 10.8 Å². The molecule has 1 N–H and O–H groups in total. The lowest BCUT2D eigenvalue weighted by atomic mass is 10.1. The molecule has 0 spiro atoms. The first-order valence-electron chi connectivity index (χ1n) is 12.2. The van der Waals surface area contributed by atoms with E-state index in [1.54, 1.807) is 59.5 Å². The van der Waals surface area contributed by atoms with E-state index in [0.717, 1.165) is 31.5 Å². The van der Waals surface area contributed by atoms with Gasteiger partial charge in [-0.1, -0.05) is 42.8 Å². The third-order valence-electron chi connectivity index (χ3n) is 6.93. The second-order valence-electron chi connectivity index (χ2n) is 9.10. The van der Waals surface area contributed by atoms with E-state index in [0.29, 0.717) is 44.2 Å². The minimum absolute atomic E-state index is 0.202. The van der Waals surface area contributed by atoms with Gasteiger partial charge in [-0.25, -0.2) is 4.21 Å². The van der Waals surface area contributed by atoms with Crippen LogP contribution < -0.4 is 10.2 Å². The number of nitrogens with zero attached hydrogens (tertiary/aromatic N) is 2. The van der Waals surface area contributed by atoms with Crippen LogP contribution >= 0.6 is 11.6 Å². The molecular weight excluding hydrogens is 494 g/mol. The Morgan fingerprint density at radius 1 is 1.08 bits per heavy atom. The van der Waals surface area contributed by atoms with Crippen molar-refractivity contribution in [3.8, 4) is 0 Å². The lowest BCUT2D eigenvalue weighted by Crippen LogP contribution is -2.40. The summed E-state index contributed by atoms with van der Waals surface area (Å²) in [5, 5.41) is 3.67. The van der Waals surface area contributed by atoms with Gasteiger partial charge in [-0.15, -0.1) is 0 Å². The Bertz CT molecular complexity index is 1330. The molecule has 5 rings (SSSR count). The molecule has 2 heterocycles. The summed E-state index contributed by atoms with van der Waals surface area (Å²) < 4.78 is 13.6. The highest BCUT2D eigenvalue weighted by Gasteiger charge is 2.32. The van der Waals surface area contributed by atoms with Gasteiger partial charge in [0.1, 0.15) is 0 Å². The van der Waals surface area contributed by atoms with E-state index in [1.807, 2.05) is 12.1 Å². The van der Waals surface area contributed by atoms with Crippen molar-refractivity contribution in [3.63, 3.8) is 0 Å². The van der Waals surface area contributed by atoms with Crippen LogP contribution in [-0.4, -0.2) is 46.6 Å². The summed E-state index contributed by atoms with van der Waals surface area (Å²) in [5.74, 6) is -0.457. The second kappa shape index (κ2) is 10.5. The predicted octanol–water partition coefficient (Wildman–Crippen LogP) is 4.88. The number of carbonyl (C=O) groups is 2. The number of likely N-dealkylation sites (tertiary alicyclic amines) is 1. The number of benzene rings is 3. The molecule has 2 amide bonds. The van der Waals surface area contributed by atoms with E-state index in [2.05, 4.69) is 17.1 Å². The number of anilines is 1. The fourth-order valence-corrected chi connectivity index (χ4v) is 6.46. The van der Waals surface area contributed by atoms with Crippen molar-refractivity contribution < 1.29 is 13.8 Å². The lowest BCUT2D eigenvalue weighted by Gasteiger charge is -2.24. The van der Waals surface area contributed by atoms with Crippen LogP contribution in [0.5, 0.6) is 0 Å². The maximum atomic E-state index is 13.7. The van der Waals surface area contributed by atoms with Gasteiger partial charge in [0.25, 0.3) is 11.8 Å². The third kappa shape index (κ3) is 4.83. The molecule has 186 valence electrons. The molecule has 0 radical (unpaired) electrons. The molecule has 0 aliphatic carbocycles. The van der Waals surface area contributed by atoms with Crippen LogP contribution in [0.1, 0.15) is 46.0 Å². The molecule has 0 bridgehead atoms. The topological polar surface area (TPSA) is 69.7 Å². The summed E-state index contributed by atoms with van der Waals surface area (Å²) in [5.41, 5.74) is 2.19. The fraction of sp³-hybridized carbons (Fsp3) is 0.286. The molecule has 8 heteroatoms. The maximum Gasteiger partial charge on any atom is 0.259 e. The molecule has 3 aromatic carbocycles. The Hall–Kier alpha value is -3.00. The number of hydrogen-bond acceptors (Lipinski definition) is 4. The number of rotatable bonds is 6. The molecule has 0 aromatic heterocycles. The van der Waals surface area contributed by atoms with Gasteiger partial charge >= 0.3 is 0 Å². The highest BCUT2D eigenvalue weighted by atomic mass is 35.5. The van der Waals surface area contributed by atoms with Gasteiger partial charge in [0.05, 0.1) is 38.4 Å². The molecule has 2 aliphatic heterocycles. The van der Waals surface area contributed by atoms with Crippen LogP contribution in [0.4, 0.5) is 5.69 Å². The number of halogens is 1. The number of hydrogen-bond donors (Lipinski definition) is 1. The van der Waals surface area contributed by atoms with Gasteiger partial charge in [0.15, 0.2) is 0 Å². The highest BCUT2D eigenvalue weighted by molar-refractivity contribution is 7.85. The Balaban J connectivity index is 1.50. The highest BCUT2D eigenvalue weighted by Crippen LogP contribution is 2.36. The molecule has 0 unspecified atom stereocenters. The van der Waals surface area contributed by atoms with Crippen molar-refractivity contribution in [2.75, 3.05) is 24.5 Å². The van der Waals surface area contributed by atoms with Crippen LogP contribution in [0.2, 0.25) is 5.02 Å². The Morgan fingerprint density at radius 3 is 2.64 bits per heavy atom. The van der Waals surface area contributed by atoms with Crippen molar-refractivity contribution in [1.29, 1.82) is 0 Å². The van der Waals surface area contributed by atoms with Crippen LogP contribution in [0, 0.1) is 0 Å². The minimum atomic E-state index is -1.57. The van der Waals surface area contributed by atoms with Gasteiger partial charge in [0.2, 0.25) is 0 Å². The minimum Gasteiger partial charge on any atom is -0.350 e. The van der Waals surface area contributed by atoms with Crippen molar-refractivity contribution in [2.45, 2.75) is 42.1 Å². The van der Waals surface area contributed by atoms with Crippen molar-refractivity contribution in [3.05, 3.63) is 88.4 Å². The van der Waals surface area contributed by atoms with E-state index in [4.69, 9.17) is 11.6 Å². The van der Waals surface area contributed by atoms with E-state index in [1.165, 1.54) is 0 Å². The van der Waals surface area contributed by atoms with Gasteiger partial charge in [0, 0.05) is 23.2 Å². The summed E-state index contributed by atoms with van der Waals surface area (Å²) >= 11 is 6.06. The Labute approximate surface area is 218 Å². The summed E-state index contributed by atoms with van der Waals surface area (Å²) in [6.45, 7) is 5.00. The summed E-state index contributed by atoms with van der Waals surface area (Å²) in [6.07, 6.45) is 2.21. The Kier molecular flexibility index (Phi) is 7.23. The first-order chi connectivity index (χ1) is 17.5. The molecule has 36 heavy (non-hydrogen) atoms. The molecule has 2 atom stereocenters. The van der Waals surface area contributed by atoms with Crippen LogP contribution in [0.25, 0.3) is 0 Å². The molecular formula is C28H28ClN3O3S. The summed E-state index contributed by atoms with van der Waals surface area (Å²) in [6, 6.07) is 19.7. The van der Waals surface area contributed by atoms with Gasteiger partial charge in [-0.2, -0.15) is 0 Å². The third-order valence-corrected chi connectivity index (χ3v) is 8.68. The summed E-state index contributed by atoms with van der Waals surface area (Å²) in [7, 11) is -1.57. The van der Waals surface area contributed by atoms with E-state index >= 15 is 0 Å². The molecule has 6 nitrogen and oxygen atoms in total. The van der Waals surface area contributed by atoms with Crippen LogP contribution in [0.15, 0.2) is 76.5 Å². The maximum absolute atomic E-state index is 13.7. The van der Waals surface area contributed by atoms with Gasteiger partial charge in [-0.05, 0) is 74.0 Å². The average Bonchev–Trinajstić information content (AvgIpc) is 3.35. The average molecular weight is 522 g/mol. The second-order valence-corrected chi connectivity index (χ2v) is 11.0. The predicted molar refractivity (Wildman–Crippen MR) is 142 cm³/mol. The van der Waals surface area contributed by atoms with Crippen molar-refractivity contribution in [1.82, 2.24) is 10.2 Å². The standard InChI is InChI=1S/C28H28ClN3O3S/c1-2-31-15-5-6-22(31)17-30-27(33)20-11-14-26-24(16-20)32(18-19-9-12-21(29)13-10-19)28(34)23-7-3-4-8-25(23)36(26)35/h3-4,7-14,16,22H,2,5-6,15,17-18H2,1H3,(H,30,33)/t22-,36-/m0/s1. The number of amides is 2. The number of fused-ring (bicyclic) bond motifs is 2. The lowest BCUT2D eigenvalue weighted by molar-refractivity contribution is 0.0938. The Morgan fingerprint density at radius 2 is 1.86 bits per heavy atom. The number of carbonyl (C=O) groups excluding carboxylic acids is 2. The number of likely N-dealkylation sites (N-methyl/N-ethyl adjacent to an activating group) is 1.